The molecule has 4 N–H and O–H groups in total. The third-order valence-corrected chi connectivity index (χ3v) is 2.09. The summed E-state index contributed by atoms with van der Waals surface area (Å²) in [6, 6.07) is 1.18. The van der Waals surface area contributed by atoms with E-state index in [1.165, 1.54) is 0 Å². The fourth-order valence-electron chi connectivity index (χ4n) is 1.29. The molecule has 7 heteroatoms. The molecule has 0 aliphatic rings. The number of benzene rings is 1. The Labute approximate surface area is 100 Å². The first-order valence-electron chi connectivity index (χ1n) is 4.83. The second kappa shape index (κ2) is 5.07. The van der Waals surface area contributed by atoms with E-state index in [1.54, 1.807) is 0 Å². The number of halogens is 4. The molecule has 0 aromatic heterocycles. The normalized spacial score (nSPS) is 12.0. The van der Waals surface area contributed by atoms with Gasteiger partial charge in [0.2, 0.25) is 5.91 Å². The van der Waals surface area contributed by atoms with Crippen LogP contribution in [0.1, 0.15) is 17.5 Å². The van der Waals surface area contributed by atoms with Crippen molar-refractivity contribution in [2.75, 3.05) is 5.73 Å². The van der Waals surface area contributed by atoms with Gasteiger partial charge in [-0.25, -0.2) is 4.39 Å². The molecule has 98 valence electrons. The molecule has 0 atom stereocenters. The van der Waals surface area contributed by atoms with E-state index >= 15 is 0 Å². The predicted molar refractivity (Wildman–Crippen MR) is 58.7 cm³/mol. The molecule has 0 bridgehead atoms. The summed E-state index contributed by atoms with van der Waals surface area (Å²) in [5, 5.41) is 0. The summed E-state index contributed by atoms with van der Waals surface area (Å²) >= 11 is 0. The van der Waals surface area contributed by atoms with E-state index in [-0.39, 0.29) is 6.42 Å². The monoisotopic (exact) mass is 262 g/mol. The number of rotatable bonds is 3. The van der Waals surface area contributed by atoms with Crippen molar-refractivity contribution in [3.8, 4) is 0 Å². The molecule has 0 unspecified atom stereocenters. The van der Waals surface area contributed by atoms with Crippen LogP contribution in [0, 0.1) is 5.82 Å². The molecule has 0 radical (unpaired) electrons. The molecule has 1 amide bonds. The van der Waals surface area contributed by atoms with Gasteiger partial charge < -0.3 is 11.5 Å². The molecule has 0 fully saturated rings. The number of carbonyl (C=O) groups is 1. The lowest BCUT2D eigenvalue weighted by Gasteiger charge is -2.11. The summed E-state index contributed by atoms with van der Waals surface area (Å²) in [5.41, 5.74) is 7.85. The summed E-state index contributed by atoms with van der Waals surface area (Å²) in [6.45, 7) is 0. The third kappa shape index (κ3) is 3.47. The van der Waals surface area contributed by atoms with Gasteiger partial charge in [-0.1, -0.05) is 12.2 Å². The van der Waals surface area contributed by atoms with Crippen molar-refractivity contribution >= 4 is 17.7 Å². The lowest BCUT2D eigenvalue weighted by molar-refractivity contribution is -0.137. The highest BCUT2D eigenvalue weighted by molar-refractivity contribution is 5.76. The molecule has 0 heterocycles. The van der Waals surface area contributed by atoms with Crippen LogP contribution in [0.15, 0.2) is 18.2 Å². The third-order valence-electron chi connectivity index (χ3n) is 2.09. The van der Waals surface area contributed by atoms with E-state index in [1.807, 2.05) is 0 Å². The lowest BCUT2D eigenvalue weighted by Crippen LogP contribution is -2.10. The Morgan fingerprint density at radius 3 is 2.44 bits per heavy atom. The lowest BCUT2D eigenvalue weighted by atomic mass is 10.0. The van der Waals surface area contributed by atoms with Crippen LogP contribution in [-0.4, -0.2) is 5.91 Å². The van der Waals surface area contributed by atoms with Gasteiger partial charge in [-0.2, -0.15) is 13.2 Å². The fourth-order valence-corrected chi connectivity index (χ4v) is 1.29. The quantitative estimate of drug-likeness (QED) is 0.648. The van der Waals surface area contributed by atoms with Gasteiger partial charge in [0.25, 0.3) is 0 Å². The van der Waals surface area contributed by atoms with E-state index in [0.717, 1.165) is 12.2 Å². The van der Waals surface area contributed by atoms with Gasteiger partial charge >= 0.3 is 6.18 Å². The van der Waals surface area contributed by atoms with E-state index in [9.17, 15) is 22.4 Å². The number of hydrogen-bond donors (Lipinski definition) is 2. The Morgan fingerprint density at radius 2 is 1.94 bits per heavy atom. The SMILES string of the molecule is NC(=O)CC=Cc1cc(F)c(N)cc1C(F)(F)F. The number of primary amides is 1. The first kappa shape index (κ1) is 14.0. The second-order valence-corrected chi connectivity index (χ2v) is 3.53. The summed E-state index contributed by atoms with van der Waals surface area (Å²) in [7, 11) is 0. The maximum atomic E-state index is 13.1. The zero-order valence-corrected chi connectivity index (χ0v) is 9.09. The molecule has 18 heavy (non-hydrogen) atoms. The van der Waals surface area contributed by atoms with Crippen LogP contribution in [0.5, 0.6) is 0 Å². The van der Waals surface area contributed by atoms with E-state index in [4.69, 9.17) is 11.5 Å². The minimum atomic E-state index is -4.66. The molecular formula is C11H10F4N2O. The van der Waals surface area contributed by atoms with Crippen molar-refractivity contribution < 1.29 is 22.4 Å². The van der Waals surface area contributed by atoms with E-state index < -0.39 is 34.7 Å². The summed E-state index contributed by atoms with van der Waals surface area (Å²) in [4.78, 5) is 10.4. The highest BCUT2D eigenvalue weighted by Gasteiger charge is 2.33. The van der Waals surface area contributed by atoms with Crippen LogP contribution < -0.4 is 11.5 Å². The van der Waals surface area contributed by atoms with Crippen LogP contribution >= 0.6 is 0 Å². The summed E-state index contributed by atoms with van der Waals surface area (Å²) in [5.74, 6) is -1.66. The first-order chi connectivity index (χ1) is 8.21. The van der Waals surface area contributed by atoms with Crippen molar-refractivity contribution in [2.24, 2.45) is 5.73 Å². The zero-order chi connectivity index (χ0) is 13.9. The van der Waals surface area contributed by atoms with Gasteiger partial charge in [0.15, 0.2) is 0 Å². The smallest absolute Gasteiger partial charge is 0.396 e. The molecule has 1 rings (SSSR count). The van der Waals surface area contributed by atoms with Gasteiger partial charge in [-0.3, -0.25) is 4.79 Å². The molecule has 0 saturated carbocycles. The first-order valence-corrected chi connectivity index (χ1v) is 4.83. The molecule has 1 aromatic rings. The van der Waals surface area contributed by atoms with Gasteiger partial charge in [0.05, 0.1) is 11.3 Å². The van der Waals surface area contributed by atoms with Crippen LogP contribution in [0.4, 0.5) is 23.2 Å². The minimum absolute atomic E-state index is 0.233. The number of nitrogen functional groups attached to an aromatic ring is 1. The largest absolute Gasteiger partial charge is 0.417 e. The number of hydrogen-bond acceptors (Lipinski definition) is 2. The molecule has 3 nitrogen and oxygen atoms in total. The predicted octanol–water partition coefficient (Wildman–Crippen LogP) is 2.32. The van der Waals surface area contributed by atoms with Gasteiger partial charge in [-0.05, 0) is 17.7 Å². The molecule has 0 spiro atoms. The topological polar surface area (TPSA) is 69.1 Å². The van der Waals surface area contributed by atoms with Crippen molar-refractivity contribution in [1.29, 1.82) is 0 Å². The Morgan fingerprint density at radius 1 is 1.33 bits per heavy atom. The maximum absolute atomic E-state index is 13.1. The molecule has 0 aliphatic carbocycles. The Hall–Kier alpha value is -2.05. The Bertz CT molecular complexity index is 495. The number of carbonyl (C=O) groups excluding carboxylic acids is 1. The van der Waals surface area contributed by atoms with Crippen molar-refractivity contribution in [3.05, 3.63) is 35.2 Å². The fraction of sp³-hybridized carbons (Fsp3) is 0.182. The minimum Gasteiger partial charge on any atom is -0.396 e. The Kier molecular flexibility index (Phi) is 3.95. The van der Waals surface area contributed by atoms with E-state index in [0.29, 0.717) is 12.1 Å². The number of anilines is 1. The number of amides is 1. The van der Waals surface area contributed by atoms with Gasteiger partial charge in [0.1, 0.15) is 5.82 Å². The maximum Gasteiger partial charge on any atom is 0.417 e. The van der Waals surface area contributed by atoms with Crippen molar-refractivity contribution in [1.82, 2.24) is 0 Å². The van der Waals surface area contributed by atoms with Crippen LogP contribution in [0.2, 0.25) is 0 Å². The number of alkyl halides is 3. The van der Waals surface area contributed by atoms with Crippen LogP contribution in [0.3, 0.4) is 0 Å². The second-order valence-electron chi connectivity index (χ2n) is 3.53. The summed E-state index contributed by atoms with van der Waals surface area (Å²) < 4.78 is 51.0. The van der Waals surface area contributed by atoms with Gasteiger partial charge in [-0.15, -0.1) is 0 Å². The average molecular weight is 262 g/mol. The highest BCUT2D eigenvalue weighted by atomic mass is 19.4. The van der Waals surface area contributed by atoms with Crippen molar-refractivity contribution in [3.63, 3.8) is 0 Å². The molecule has 1 aromatic carbocycles. The van der Waals surface area contributed by atoms with Crippen LogP contribution in [0.25, 0.3) is 6.08 Å². The highest BCUT2D eigenvalue weighted by Crippen LogP contribution is 2.34. The average Bonchev–Trinajstić information content (AvgIpc) is 2.20. The Balaban J connectivity index is 3.20. The molecule has 0 saturated heterocycles. The van der Waals surface area contributed by atoms with Crippen molar-refractivity contribution in [2.45, 2.75) is 12.6 Å². The molecular weight excluding hydrogens is 252 g/mol. The summed E-state index contributed by atoms with van der Waals surface area (Å²) in [6.07, 6.45) is -2.78. The van der Waals surface area contributed by atoms with Gasteiger partial charge in [0, 0.05) is 6.42 Å². The van der Waals surface area contributed by atoms with Crippen LogP contribution in [-0.2, 0) is 11.0 Å². The molecule has 0 aliphatic heterocycles. The standard InChI is InChI=1S/C11H10F4N2O/c12-8-4-6(2-1-3-10(17)18)7(5-9(8)16)11(13,14)15/h1-2,4-5H,3,16H2,(H2,17,18). The van der Waals surface area contributed by atoms with E-state index in [2.05, 4.69) is 0 Å². The zero-order valence-electron chi connectivity index (χ0n) is 9.09. The number of nitrogens with two attached hydrogens (primary N) is 2.